The lowest BCUT2D eigenvalue weighted by atomic mass is 9.75. The van der Waals surface area contributed by atoms with E-state index in [1.807, 2.05) is 41.6 Å². The molecule has 0 radical (unpaired) electrons. The minimum Gasteiger partial charge on any atom is -0.481 e. The maximum atomic E-state index is 13.3. The predicted molar refractivity (Wildman–Crippen MR) is 152 cm³/mol. The first-order valence-corrected chi connectivity index (χ1v) is 13.8. The molecule has 1 aromatic carbocycles. The van der Waals surface area contributed by atoms with Crippen LogP contribution in [0.15, 0.2) is 69.3 Å². The van der Waals surface area contributed by atoms with Gasteiger partial charge in [0.15, 0.2) is 5.82 Å². The van der Waals surface area contributed by atoms with Crippen molar-refractivity contribution in [2.45, 2.75) is 45.4 Å². The Morgan fingerprint density at radius 2 is 2.05 bits per heavy atom. The number of alkyl halides is 2. The van der Waals surface area contributed by atoms with Crippen LogP contribution in [0.5, 0.6) is 0 Å². The van der Waals surface area contributed by atoms with E-state index in [4.69, 9.17) is 10.7 Å². The number of hydrazone groups is 2. The molecule has 2 aliphatic rings. The van der Waals surface area contributed by atoms with Crippen LogP contribution in [0, 0.1) is 17.8 Å². The molecule has 1 aromatic rings. The molecule has 0 aromatic heterocycles. The van der Waals surface area contributed by atoms with Crippen molar-refractivity contribution in [3.8, 4) is 0 Å². The van der Waals surface area contributed by atoms with E-state index in [-0.39, 0.29) is 17.7 Å². The van der Waals surface area contributed by atoms with Crippen molar-refractivity contribution in [3.05, 3.63) is 54.1 Å². The Balaban J connectivity index is 1.81. The summed E-state index contributed by atoms with van der Waals surface area (Å²) in [6.07, 6.45) is 7.69. The molecular formula is C27H36BrFN6O2. The van der Waals surface area contributed by atoms with Crippen LogP contribution in [0.1, 0.15) is 45.4 Å². The Morgan fingerprint density at radius 3 is 2.62 bits per heavy atom. The Morgan fingerprint density at radius 1 is 1.35 bits per heavy atom. The summed E-state index contributed by atoms with van der Waals surface area (Å²) < 4.78 is 13.3. The van der Waals surface area contributed by atoms with E-state index >= 15 is 0 Å². The highest BCUT2D eigenvalue weighted by Crippen LogP contribution is 2.36. The maximum absolute atomic E-state index is 13.3. The number of halogens is 2. The number of carboxylic acid groups (broad SMARTS) is 1. The number of carboxylic acids is 1. The molecule has 1 atom stereocenters. The van der Waals surface area contributed by atoms with E-state index in [1.165, 1.54) is 0 Å². The smallest absolute Gasteiger partial charge is 0.309 e. The molecule has 1 aliphatic carbocycles. The summed E-state index contributed by atoms with van der Waals surface area (Å²) in [4.78, 5) is 16.4. The van der Waals surface area contributed by atoms with E-state index in [0.717, 1.165) is 36.4 Å². The summed E-state index contributed by atoms with van der Waals surface area (Å²) in [5.74, 6) is -1.04. The predicted octanol–water partition coefficient (Wildman–Crippen LogP) is 5.53. The van der Waals surface area contributed by atoms with Crippen LogP contribution in [0.4, 0.5) is 10.1 Å². The molecule has 0 spiro atoms. The molecule has 10 heteroatoms. The second-order valence-electron chi connectivity index (χ2n) is 9.23. The van der Waals surface area contributed by atoms with Crippen molar-refractivity contribution < 1.29 is 14.3 Å². The summed E-state index contributed by atoms with van der Waals surface area (Å²) in [7, 11) is 0. The normalized spacial score (nSPS) is 21.4. The van der Waals surface area contributed by atoms with Crippen LogP contribution in [0.2, 0.25) is 0 Å². The average molecular weight is 576 g/mol. The van der Waals surface area contributed by atoms with Gasteiger partial charge in [-0.1, -0.05) is 40.7 Å². The molecule has 0 saturated heterocycles. The van der Waals surface area contributed by atoms with E-state index in [0.29, 0.717) is 36.8 Å². The fourth-order valence-electron chi connectivity index (χ4n) is 4.83. The van der Waals surface area contributed by atoms with Gasteiger partial charge < -0.3 is 10.8 Å². The fourth-order valence-corrected chi connectivity index (χ4v) is 5.42. The van der Waals surface area contributed by atoms with Gasteiger partial charge in [0, 0.05) is 42.9 Å². The number of hydrogen-bond donors (Lipinski definition) is 2. The summed E-state index contributed by atoms with van der Waals surface area (Å²) in [5, 5.41) is 22.5. The van der Waals surface area contributed by atoms with Crippen LogP contribution >= 0.6 is 15.9 Å². The number of nitrogens with zero attached hydrogens (tertiary/aromatic N) is 5. The molecule has 37 heavy (non-hydrogen) atoms. The molecular weight excluding hydrogens is 539 g/mol. The number of allylic oxidation sites excluding steroid dienone is 1. The van der Waals surface area contributed by atoms with Crippen LogP contribution < -0.4 is 10.7 Å². The van der Waals surface area contributed by atoms with Gasteiger partial charge in [-0.3, -0.25) is 14.2 Å². The van der Waals surface area contributed by atoms with E-state index in [9.17, 15) is 14.3 Å². The van der Waals surface area contributed by atoms with Crippen molar-refractivity contribution >= 4 is 45.7 Å². The van der Waals surface area contributed by atoms with Crippen LogP contribution in [0.3, 0.4) is 0 Å². The second-order valence-corrected chi connectivity index (χ2v) is 9.79. The Hall–Kier alpha value is -3.01. The van der Waals surface area contributed by atoms with Crippen molar-refractivity contribution in [3.63, 3.8) is 0 Å². The highest BCUT2D eigenvalue weighted by molar-refractivity contribution is 9.09. The Kier molecular flexibility index (Phi) is 10.9. The lowest BCUT2D eigenvalue weighted by Crippen LogP contribution is -2.32. The third-order valence-electron chi connectivity index (χ3n) is 6.92. The minimum absolute atomic E-state index is 0.146. The number of benzene rings is 1. The molecule has 200 valence electrons. The summed E-state index contributed by atoms with van der Waals surface area (Å²) in [5.41, 5.74) is 9.03. The van der Waals surface area contributed by atoms with Crippen molar-refractivity contribution in [2.75, 3.05) is 23.6 Å². The van der Waals surface area contributed by atoms with Gasteiger partial charge >= 0.3 is 5.97 Å². The summed E-state index contributed by atoms with van der Waals surface area (Å²) in [6, 6.07) is 9.99. The number of para-hydroxylation sites is 1. The Bertz CT molecular complexity index is 1050. The average Bonchev–Trinajstić information content (AvgIpc) is 2.91. The molecule has 1 saturated carbocycles. The number of aliphatic imine (C=N–C) groups is 1. The van der Waals surface area contributed by atoms with E-state index in [1.54, 1.807) is 11.2 Å². The lowest BCUT2D eigenvalue weighted by Gasteiger charge is -2.32. The SMILES string of the molecule is C=C(N)N1N=CCC(C/C=N\N(CC)c2ccccc2)=C1/N=C(\CBr)C1CCC(C(CF)C(=O)O)CC1. The maximum Gasteiger partial charge on any atom is 0.309 e. The zero-order chi connectivity index (χ0) is 26.8. The first-order valence-electron chi connectivity index (χ1n) is 12.7. The van der Waals surface area contributed by atoms with Crippen molar-refractivity contribution in [1.29, 1.82) is 0 Å². The second kappa shape index (κ2) is 14.1. The fraction of sp³-hybridized carbons (Fsp3) is 0.481. The third-order valence-corrected chi connectivity index (χ3v) is 7.49. The van der Waals surface area contributed by atoms with Crippen LogP contribution in [-0.4, -0.2) is 52.8 Å². The number of rotatable bonds is 12. The first kappa shape index (κ1) is 28.6. The van der Waals surface area contributed by atoms with Gasteiger partial charge in [-0.25, -0.2) is 10.0 Å². The zero-order valence-electron chi connectivity index (χ0n) is 21.3. The van der Waals surface area contributed by atoms with Gasteiger partial charge in [0.1, 0.15) is 12.5 Å². The number of aliphatic carboxylic acids is 1. The topological polar surface area (TPSA) is 107 Å². The van der Waals surface area contributed by atoms with Gasteiger partial charge in [0.25, 0.3) is 0 Å². The quantitative estimate of drug-likeness (QED) is 0.194. The summed E-state index contributed by atoms with van der Waals surface area (Å²) in [6.45, 7) is 5.83. The summed E-state index contributed by atoms with van der Waals surface area (Å²) >= 11 is 3.59. The number of carbonyl (C=O) groups is 1. The highest BCUT2D eigenvalue weighted by Gasteiger charge is 2.33. The molecule has 1 heterocycles. The van der Waals surface area contributed by atoms with Crippen molar-refractivity contribution in [1.82, 2.24) is 5.01 Å². The molecule has 0 amide bonds. The first-order chi connectivity index (χ1) is 17.9. The molecule has 1 unspecified atom stereocenters. The number of hydrogen-bond acceptors (Lipinski definition) is 7. The lowest BCUT2D eigenvalue weighted by molar-refractivity contribution is -0.144. The number of anilines is 1. The number of nitrogens with two attached hydrogens (primary N) is 1. The zero-order valence-corrected chi connectivity index (χ0v) is 22.9. The monoisotopic (exact) mass is 574 g/mol. The third kappa shape index (κ3) is 7.50. The highest BCUT2D eigenvalue weighted by atomic mass is 79.9. The molecule has 3 N–H and O–H groups in total. The minimum atomic E-state index is -1.05. The molecule has 0 bridgehead atoms. The van der Waals surface area contributed by atoms with Gasteiger partial charge in [-0.15, -0.1) is 0 Å². The van der Waals surface area contributed by atoms with Crippen LogP contribution in [0.25, 0.3) is 0 Å². The van der Waals surface area contributed by atoms with Gasteiger partial charge in [0.2, 0.25) is 0 Å². The molecule has 3 rings (SSSR count). The van der Waals surface area contributed by atoms with Crippen LogP contribution in [-0.2, 0) is 4.79 Å². The van der Waals surface area contributed by atoms with Gasteiger partial charge in [-0.2, -0.15) is 10.2 Å². The van der Waals surface area contributed by atoms with Crippen molar-refractivity contribution in [2.24, 2.45) is 38.7 Å². The Labute approximate surface area is 226 Å². The molecule has 8 nitrogen and oxygen atoms in total. The van der Waals surface area contributed by atoms with Gasteiger partial charge in [-0.05, 0) is 62.1 Å². The molecule has 1 fully saturated rings. The van der Waals surface area contributed by atoms with E-state index in [2.05, 4.69) is 39.6 Å². The van der Waals surface area contributed by atoms with Gasteiger partial charge in [0.05, 0.1) is 11.6 Å². The molecule has 1 aliphatic heterocycles. The van der Waals surface area contributed by atoms with E-state index < -0.39 is 18.6 Å². The standard InChI is InChI=1S/C27H36BrFN6O2/c1-3-34(23-7-5-4-6-8-23)31-15-13-22-14-16-32-35(19(2)30)26(22)33-25(17-28)21-11-9-20(10-12-21)24(18-29)27(36)37/h4-8,15-16,20-21,24H,2-3,9-14,17-18,30H2,1H3,(H,36,37)/b31-15-,33-25+. The largest absolute Gasteiger partial charge is 0.481 e.